The fraction of sp³-hybridized carbons (Fsp3) is 0.0833. The van der Waals surface area contributed by atoms with Gasteiger partial charge in [-0.15, -0.1) is 0 Å². The average molecular weight is 270 g/mol. The monoisotopic (exact) mass is 269 g/mol. The summed E-state index contributed by atoms with van der Waals surface area (Å²) in [7, 11) is 1.34. The van der Waals surface area contributed by atoms with Crippen LogP contribution < -0.4 is 10.1 Å². The number of methoxy groups -OCH3 is 1. The lowest BCUT2D eigenvalue weighted by Crippen LogP contribution is -2.10. The maximum atomic E-state index is 13.2. The maximum Gasteiger partial charge on any atom is 0.291 e. The highest BCUT2D eigenvalue weighted by Crippen LogP contribution is 2.22. The molecule has 0 aliphatic carbocycles. The summed E-state index contributed by atoms with van der Waals surface area (Å²) in [6.07, 6.45) is 0. The Bertz CT molecular complexity index is 582. The SMILES string of the molecule is COc1cc(NC(=O)c2ccc(Cl)o2)ccc1F. The van der Waals surface area contributed by atoms with Crippen LogP contribution in [0.25, 0.3) is 0 Å². The lowest BCUT2D eigenvalue weighted by Gasteiger charge is -2.06. The van der Waals surface area contributed by atoms with Crippen LogP contribution in [0.3, 0.4) is 0 Å². The molecule has 0 atom stereocenters. The van der Waals surface area contributed by atoms with Gasteiger partial charge in [-0.2, -0.15) is 0 Å². The van der Waals surface area contributed by atoms with Gasteiger partial charge in [0.2, 0.25) is 0 Å². The summed E-state index contributed by atoms with van der Waals surface area (Å²) < 4.78 is 22.9. The predicted octanol–water partition coefficient (Wildman–Crippen LogP) is 3.33. The van der Waals surface area contributed by atoms with Gasteiger partial charge in [-0.25, -0.2) is 4.39 Å². The first-order chi connectivity index (χ1) is 8.60. The molecule has 6 heteroatoms. The van der Waals surface area contributed by atoms with Crippen molar-refractivity contribution in [2.24, 2.45) is 0 Å². The fourth-order valence-electron chi connectivity index (χ4n) is 1.37. The number of rotatable bonds is 3. The molecule has 0 saturated heterocycles. The number of hydrogen-bond acceptors (Lipinski definition) is 3. The van der Waals surface area contributed by atoms with Crippen molar-refractivity contribution in [2.45, 2.75) is 0 Å². The summed E-state index contributed by atoms with van der Waals surface area (Å²) in [5.74, 6) is -0.860. The van der Waals surface area contributed by atoms with Crippen molar-refractivity contribution < 1.29 is 18.3 Å². The zero-order chi connectivity index (χ0) is 13.1. The van der Waals surface area contributed by atoms with Gasteiger partial charge in [0.15, 0.2) is 22.5 Å². The van der Waals surface area contributed by atoms with Gasteiger partial charge in [0.1, 0.15) is 0 Å². The van der Waals surface area contributed by atoms with Gasteiger partial charge >= 0.3 is 0 Å². The van der Waals surface area contributed by atoms with E-state index in [1.165, 1.54) is 37.4 Å². The molecule has 0 unspecified atom stereocenters. The first kappa shape index (κ1) is 12.4. The highest BCUT2D eigenvalue weighted by atomic mass is 35.5. The molecule has 1 heterocycles. The molecule has 0 saturated carbocycles. The van der Waals surface area contributed by atoms with Crippen molar-refractivity contribution in [2.75, 3.05) is 12.4 Å². The molecule has 1 N–H and O–H groups in total. The van der Waals surface area contributed by atoms with Crippen molar-refractivity contribution in [3.63, 3.8) is 0 Å². The zero-order valence-corrected chi connectivity index (χ0v) is 10.1. The smallest absolute Gasteiger partial charge is 0.291 e. The summed E-state index contributed by atoms with van der Waals surface area (Å²) in [5.41, 5.74) is 0.394. The summed E-state index contributed by atoms with van der Waals surface area (Å²) in [6, 6.07) is 6.89. The van der Waals surface area contributed by atoms with Gasteiger partial charge in [0.25, 0.3) is 5.91 Å². The summed E-state index contributed by atoms with van der Waals surface area (Å²) in [4.78, 5) is 11.7. The summed E-state index contributed by atoms with van der Waals surface area (Å²) in [5, 5.41) is 2.66. The van der Waals surface area contributed by atoms with Gasteiger partial charge in [0.05, 0.1) is 7.11 Å². The minimum Gasteiger partial charge on any atom is -0.494 e. The highest BCUT2D eigenvalue weighted by Gasteiger charge is 2.12. The van der Waals surface area contributed by atoms with E-state index in [0.29, 0.717) is 5.69 Å². The van der Waals surface area contributed by atoms with Crippen LogP contribution in [-0.4, -0.2) is 13.0 Å². The molecule has 1 aromatic carbocycles. The fourth-order valence-corrected chi connectivity index (χ4v) is 1.51. The van der Waals surface area contributed by atoms with Gasteiger partial charge in [-0.1, -0.05) is 0 Å². The van der Waals surface area contributed by atoms with Gasteiger partial charge in [0, 0.05) is 11.8 Å². The molecule has 1 amide bonds. The van der Waals surface area contributed by atoms with E-state index in [0.717, 1.165) is 0 Å². The van der Waals surface area contributed by atoms with E-state index in [-0.39, 0.29) is 16.7 Å². The maximum absolute atomic E-state index is 13.2. The Morgan fingerprint density at radius 3 is 2.78 bits per heavy atom. The zero-order valence-electron chi connectivity index (χ0n) is 9.37. The number of carbonyl (C=O) groups excluding carboxylic acids is 1. The topological polar surface area (TPSA) is 51.5 Å². The van der Waals surface area contributed by atoms with E-state index < -0.39 is 11.7 Å². The Balaban J connectivity index is 2.16. The Morgan fingerprint density at radius 2 is 2.17 bits per heavy atom. The summed E-state index contributed by atoms with van der Waals surface area (Å²) in [6.45, 7) is 0. The number of furan rings is 1. The third-order valence-corrected chi connectivity index (χ3v) is 2.41. The molecule has 0 spiro atoms. The molecular weight excluding hydrogens is 261 g/mol. The van der Waals surface area contributed by atoms with E-state index in [9.17, 15) is 9.18 Å². The van der Waals surface area contributed by atoms with E-state index in [4.69, 9.17) is 20.8 Å². The normalized spacial score (nSPS) is 10.2. The summed E-state index contributed by atoms with van der Waals surface area (Å²) >= 11 is 5.56. The Morgan fingerprint density at radius 1 is 1.39 bits per heavy atom. The lowest BCUT2D eigenvalue weighted by atomic mass is 10.3. The lowest BCUT2D eigenvalue weighted by molar-refractivity contribution is 0.0996. The number of hydrogen-bond donors (Lipinski definition) is 1. The number of anilines is 1. The Hall–Kier alpha value is -2.01. The van der Waals surface area contributed by atoms with E-state index in [2.05, 4.69) is 5.32 Å². The van der Waals surface area contributed by atoms with Crippen LogP contribution in [0.5, 0.6) is 5.75 Å². The third kappa shape index (κ3) is 2.62. The molecule has 0 radical (unpaired) electrons. The van der Waals surface area contributed by atoms with E-state index >= 15 is 0 Å². The van der Waals surface area contributed by atoms with Gasteiger partial charge < -0.3 is 14.5 Å². The van der Waals surface area contributed by atoms with Crippen LogP contribution in [0.15, 0.2) is 34.7 Å². The molecule has 0 aliphatic heterocycles. The van der Waals surface area contributed by atoms with Crippen molar-refractivity contribution >= 4 is 23.2 Å². The standard InChI is InChI=1S/C12H9ClFNO3/c1-17-10-6-7(2-3-8(10)14)15-12(16)9-4-5-11(13)18-9/h2-6H,1H3,(H,15,16). The van der Waals surface area contributed by atoms with Crippen molar-refractivity contribution in [3.05, 3.63) is 47.1 Å². The quantitative estimate of drug-likeness (QED) is 0.930. The minimum absolute atomic E-state index is 0.0466. The van der Waals surface area contributed by atoms with Crippen molar-refractivity contribution in [1.82, 2.24) is 0 Å². The molecule has 0 bridgehead atoms. The van der Waals surface area contributed by atoms with E-state index in [1.807, 2.05) is 0 Å². The van der Waals surface area contributed by atoms with Gasteiger partial charge in [-0.05, 0) is 35.9 Å². The first-order valence-corrected chi connectivity index (χ1v) is 5.38. The second-order valence-corrected chi connectivity index (χ2v) is 3.78. The van der Waals surface area contributed by atoms with Crippen LogP contribution in [0.1, 0.15) is 10.6 Å². The number of nitrogens with one attached hydrogen (secondary N) is 1. The highest BCUT2D eigenvalue weighted by molar-refractivity contribution is 6.29. The van der Waals surface area contributed by atoms with Crippen LogP contribution >= 0.6 is 11.6 Å². The molecule has 2 aromatic rings. The average Bonchev–Trinajstić information content (AvgIpc) is 2.78. The number of amides is 1. The molecule has 0 fully saturated rings. The van der Waals surface area contributed by atoms with Crippen LogP contribution in [0.2, 0.25) is 5.22 Å². The number of benzene rings is 1. The van der Waals surface area contributed by atoms with Crippen LogP contribution in [0, 0.1) is 5.82 Å². The van der Waals surface area contributed by atoms with E-state index in [1.54, 1.807) is 0 Å². The molecule has 2 rings (SSSR count). The second kappa shape index (κ2) is 5.10. The number of ether oxygens (including phenoxy) is 1. The Kier molecular flexibility index (Phi) is 3.53. The largest absolute Gasteiger partial charge is 0.494 e. The molecule has 18 heavy (non-hydrogen) atoms. The van der Waals surface area contributed by atoms with Crippen LogP contribution in [-0.2, 0) is 0 Å². The van der Waals surface area contributed by atoms with Crippen LogP contribution in [0.4, 0.5) is 10.1 Å². The minimum atomic E-state index is -0.503. The van der Waals surface area contributed by atoms with Gasteiger partial charge in [-0.3, -0.25) is 4.79 Å². The number of carbonyl (C=O) groups is 1. The predicted molar refractivity (Wildman–Crippen MR) is 64.6 cm³/mol. The molecular formula is C12H9ClFNO3. The molecule has 4 nitrogen and oxygen atoms in total. The van der Waals surface area contributed by atoms with Crippen molar-refractivity contribution in [1.29, 1.82) is 0 Å². The van der Waals surface area contributed by atoms with Crippen molar-refractivity contribution in [3.8, 4) is 5.75 Å². The third-order valence-electron chi connectivity index (χ3n) is 2.21. The first-order valence-electron chi connectivity index (χ1n) is 5.00. The second-order valence-electron chi connectivity index (χ2n) is 3.41. The molecule has 94 valence electrons. The Labute approximate surface area is 107 Å². The molecule has 1 aromatic heterocycles. The molecule has 0 aliphatic rings. The number of halogens is 2.